The van der Waals surface area contributed by atoms with Crippen molar-refractivity contribution in [2.24, 2.45) is 0 Å². The first-order chi connectivity index (χ1) is 10.1. The molecular formula is C16H15N3O2. The molecule has 0 aliphatic rings. The van der Waals surface area contributed by atoms with Gasteiger partial charge in [-0.25, -0.2) is 0 Å². The molecule has 21 heavy (non-hydrogen) atoms. The summed E-state index contributed by atoms with van der Waals surface area (Å²) in [5, 5.41) is 11.9. The van der Waals surface area contributed by atoms with Gasteiger partial charge in [0, 0.05) is 11.8 Å². The van der Waals surface area contributed by atoms with Crippen molar-refractivity contribution in [2.75, 3.05) is 18.2 Å². The second kappa shape index (κ2) is 5.97. The van der Waals surface area contributed by atoms with Gasteiger partial charge in [0.25, 0.3) is 5.91 Å². The molecule has 0 fully saturated rings. The zero-order chi connectivity index (χ0) is 15.4. The predicted molar refractivity (Wildman–Crippen MR) is 81.3 cm³/mol. The van der Waals surface area contributed by atoms with Gasteiger partial charge < -0.3 is 15.8 Å². The zero-order valence-electron chi connectivity index (χ0n) is 11.8. The Balaban J connectivity index is 2.36. The summed E-state index contributed by atoms with van der Waals surface area (Å²) in [5.74, 6) is 0.0348. The van der Waals surface area contributed by atoms with E-state index in [2.05, 4.69) is 11.4 Å². The van der Waals surface area contributed by atoms with Crippen LogP contribution >= 0.6 is 0 Å². The number of hydrogen-bond acceptors (Lipinski definition) is 4. The van der Waals surface area contributed by atoms with E-state index in [0.29, 0.717) is 28.3 Å². The fourth-order valence-corrected chi connectivity index (χ4v) is 2.01. The lowest BCUT2D eigenvalue weighted by Crippen LogP contribution is -2.14. The number of amides is 1. The van der Waals surface area contributed by atoms with Crippen molar-refractivity contribution in [3.8, 4) is 11.8 Å². The summed E-state index contributed by atoms with van der Waals surface area (Å²) in [5.41, 5.74) is 8.26. The summed E-state index contributed by atoms with van der Waals surface area (Å²) in [6.07, 6.45) is 0. The van der Waals surface area contributed by atoms with Gasteiger partial charge in [0.05, 0.1) is 23.9 Å². The number of rotatable bonds is 3. The van der Waals surface area contributed by atoms with Crippen LogP contribution in [0.5, 0.6) is 5.75 Å². The third kappa shape index (κ3) is 2.95. The molecule has 0 aliphatic heterocycles. The number of ether oxygens (including phenoxy) is 1. The van der Waals surface area contributed by atoms with E-state index in [9.17, 15) is 10.1 Å². The van der Waals surface area contributed by atoms with Crippen molar-refractivity contribution >= 4 is 17.3 Å². The van der Waals surface area contributed by atoms with Gasteiger partial charge >= 0.3 is 0 Å². The molecular weight excluding hydrogens is 266 g/mol. The fourth-order valence-electron chi connectivity index (χ4n) is 2.01. The largest absolute Gasteiger partial charge is 0.496 e. The van der Waals surface area contributed by atoms with E-state index in [4.69, 9.17) is 10.5 Å². The number of anilines is 2. The number of carbonyl (C=O) groups excluding carboxylic acids is 1. The van der Waals surface area contributed by atoms with Crippen LogP contribution in [0.25, 0.3) is 0 Å². The van der Waals surface area contributed by atoms with Crippen LogP contribution in [-0.2, 0) is 0 Å². The van der Waals surface area contributed by atoms with E-state index >= 15 is 0 Å². The standard InChI is InChI=1S/C16H15N3O2/c1-10-4-3-5-14(13(10)9-17)19-16(20)12-7-6-11(18)8-15(12)21-2/h3-8H,18H2,1-2H3,(H,19,20). The zero-order valence-corrected chi connectivity index (χ0v) is 11.8. The van der Waals surface area contributed by atoms with Gasteiger partial charge in [-0.3, -0.25) is 4.79 Å². The van der Waals surface area contributed by atoms with Crippen LogP contribution < -0.4 is 15.8 Å². The van der Waals surface area contributed by atoms with Crippen molar-refractivity contribution < 1.29 is 9.53 Å². The average molecular weight is 281 g/mol. The van der Waals surface area contributed by atoms with E-state index in [-0.39, 0.29) is 5.91 Å². The molecule has 2 aromatic carbocycles. The molecule has 2 rings (SSSR count). The molecule has 106 valence electrons. The van der Waals surface area contributed by atoms with Crippen molar-refractivity contribution in [2.45, 2.75) is 6.92 Å². The first-order valence-corrected chi connectivity index (χ1v) is 6.31. The maximum absolute atomic E-state index is 12.3. The monoisotopic (exact) mass is 281 g/mol. The Morgan fingerprint density at radius 3 is 2.76 bits per heavy atom. The van der Waals surface area contributed by atoms with Crippen LogP contribution in [0, 0.1) is 18.3 Å². The highest BCUT2D eigenvalue weighted by molar-refractivity contribution is 6.07. The summed E-state index contributed by atoms with van der Waals surface area (Å²) in [7, 11) is 1.47. The molecule has 0 spiro atoms. The first-order valence-electron chi connectivity index (χ1n) is 6.31. The molecule has 0 saturated heterocycles. The van der Waals surface area contributed by atoms with Crippen LogP contribution in [0.15, 0.2) is 36.4 Å². The van der Waals surface area contributed by atoms with Gasteiger partial charge in [-0.2, -0.15) is 5.26 Å². The van der Waals surface area contributed by atoms with E-state index < -0.39 is 0 Å². The molecule has 0 bridgehead atoms. The van der Waals surface area contributed by atoms with Gasteiger partial charge in [-0.1, -0.05) is 12.1 Å². The highest BCUT2D eigenvalue weighted by Gasteiger charge is 2.15. The van der Waals surface area contributed by atoms with Gasteiger partial charge in [-0.05, 0) is 30.7 Å². The minimum absolute atomic E-state index is 0.353. The number of carbonyl (C=O) groups is 1. The molecule has 3 N–H and O–H groups in total. The number of nitrogen functional groups attached to an aromatic ring is 1. The summed E-state index contributed by atoms with van der Waals surface area (Å²) in [4.78, 5) is 12.3. The van der Waals surface area contributed by atoms with Gasteiger partial charge in [0.2, 0.25) is 0 Å². The molecule has 0 heterocycles. The Morgan fingerprint density at radius 2 is 2.10 bits per heavy atom. The molecule has 0 unspecified atom stereocenters. The first kappa shape index (κ1) is 14.4. The maximum Gasteiger partial charge on any atom is 0.259 e. The molecule has 0 radical (unpaired) electrons. The third-order valence-electron chi connectivity index (χ3n) is 3.10. The second-order valence-corrected chi connectivity index (χ2v) is 4.52. The lowest BCUT2D eigenvalue weighted by Gasteiger charge is -2.11. The Hall–Kier alpha value is -3.00. The van der Waals surface area contributed by atoms with Crippen LogP contribution in [0.4, 0.5) is 11.4 Å². The minimum atomic E-state index is -0.353. The predicted octanol–water partition coefficient (Wildman–Crippen LogP) is 2.71. The highest BCUT2D eigenvalue weighted by atomic mass is 16.5. The normalized spacial score (nSPS) is 9.76. The molecule has 1 amide bonds. The highest BCUT2D eigenvalue weighted by Crippen LogP contribution is 2.24. The van der Waals surface area contributed by atoms with Crippen LogP contribution in [-0.4, -0.2) is 13.0 Å². The quantitative estimate of drug-likeness (QED) is 0.847. The van der Waals surface area contributed by atoms with Crippen LogP contribution in [0.1, 0.15) is 21.5 Å². The maximum atomic E-state index is 12.3. The van der Waals surface area contributed by atoms with Crippen molar-refractivity contribution in [1.82, 2.24) is 0 Å². The molecule has 0 aromatic heterocycles. The Kier molecular flexibility index (Phi) is 4.10. The van der Waals surface area contributed by atoms with E-state index in [1.807, 2.05) is 13.0 Å². The number of aryl methyl sites for hydroxylation is 1. The molecule has 0 atom stereocenters. The van der Waals surface area contributed by atoms with Crippen LogP contribution in [0.3, 0.4) is 0 Å². The fraction of sp³-hybridized carbons (Fsp3) is 0.125. The lowest BCUT2D eigenvalue weighted by atomic mass is 10.1. The minimum Gasteiger partial charge on any atom is -0.496 e. The van der Waals surface area contributed by atoms with Gasteiger partial charge in [-0.15, -0.1) is 0 Å². The molecule has 0 aliphatic carbocycles. The van der Waals surface area contributed by atoms with Crippen molar-refractivity contribution in [3.05, 3.63) is 53.1 Å². The number of hydrogen-bond donors (Lipinski definition) is 2. The smallest absolute Gasteiger partial charge is 0.259 e. The SMILES string of the molecule is COc1cc(N)ccc1C(=O)Nc1cccc(C)c1C#N. The number of nitrogens with zero attached hydrogens (tertiary/aromatic N) is 1. The Labute approximate surface area is 123 Å². The average Bonchev–Trinajstić information content (AvgIpc) is 2.47. The number of benzene rings is 2. The molecule has 5 nitrogen and oxygen atoms in total. The Morgan fingerprint density at radius 1 is 1.33 bits per heavy atom. The van der Waals surface area contributed by atoms with E-state index in [1.54, 1.807) is 30.3 Å². The van der Waals surface area contributed by atoms with Crippen molar-refractivity contribution in [1.29, 1.82) is 5.26 Å². The molecule has 5 heteroatoms. The van der Waals surface area contributed by atoms with E-state index in [1.165, 1.54) is 7.11 Å². The summed E-state index contributed by atoms with van der Waals surface area (Å²) in [6.45, 7) is 1.82. The topological polar surface area (TPSA) is 88.1 Å². The molecule has 0 saturated carbocycles. The molecule has 2 aromatic rings. The van der Waals surface area contributed by atoms with Crippen molar-refractivity contribution in [3.63, 3.8) is 0 Å². The number of methoxy groups -OCH3 is 1. The van der Waals surface area contributed by atoms with E-state index in [0.717, 1.165) is 5.56 Å². The number of nitrogens with two attached hydrogens (primary N) is 1. The number of nitriles is 1. The summed E-state index contributed by atoms with van der Waals surface area (Å²) < 4.78 is 5.16. The lowest BCUT2D eigenvalue weighted by molar-refractivity contribution is 0.102. The second-order valence-electron chi connectivity index (χ2n) is 4.52. The number of nitrogens with one attached hydrogen (secondary N) is 1. The Bertz CT molecular complexity index is 733. The summed E-state index contributed by atoms with van der Waals surface area (Å²) in [6, 6.07) is 12.2. The summed E-state index contributed by atoms with van der Waals surface area (Å²) >= 11 is 0. The third-order valence-corrected chi connectivity index (χ3v) is 3.10. The van der Waals surface area contributed by atoms with Crippen LogP contribution in [0.2, 0.25) is 0 Å². The van der Waals surface area contributed by atoms with Gasteiger partial charge in [0.15, 0.2) is 0 Å². The van der Waals surface area contributed by atoms with Gasteiger partial charge in [0.1, 0.15) is 11.8 Å².